The molecule has 4 aromatic rings. The number of carbonyl (C=O) groups excluding carboxylic acids is 2. The van der Waals surface area contributed by atoms with E-state index in [4.69, 9.17) is 10.6 Å². The van der Waals surface area contributed by atoms with Gasteiger partial charge in [-0.1, -0.05) is 109 Å². The molecule has 2 aliphatic rings. The maximum absolute atomic E-state index is 13.9. The molecule has 6 rings (SSSR count). The summed E-state index contributed by atoms with van der Waals surface area (Å²) >= 11 is 2.77. The molecular formula is C33H29N5O3S2. The Kier molecular flexibility index (Phi) is 7.88. The first-order valence-corrected chi connectivity index (χ1v) is 15.6. The van der Waals surface area contributed by atoms with Crippen LogP contribution in [0.1, 0.15) is 29.3 Å². The molecule has 2 aliphatic heterocycles. The highest BCUT2D eigenvalue weighted by Gasteiger charge is 2.51. The molecule has 0 bridgehead atoms. The van der Waals surface area contributed by atoms with Crippen molar-refractivity contribution in [2.75, 3.05) is 11.5 Å². The highest BCUT2D eigenvalue weighted by molar-refractivity contribution is 8.00. The number of nitrogens with zero attached hydrogens (tertiary/aromatic N) is 3. The number of hydrogen-bond acceptors (Lipinski definition) is 8. The van der Waals surface area contributed by atoms with Gasteiger partial charge >= 0.3 is 0 Å². The smallest absolute Gasteiger partial charge is 0.276 e. The van der Waals surface area contributed by atoms with Gasteiger partial charge in [0.1, 0.15) is 17.1 Å². The molecule has 10 heteroatoms. The van der Waals surface area contributed by atoms with Crippen LogP contribution < -0.4 is 11.1 Å². The van der Waals surface area contributed by atoms with E-state index < -0.39 is 17.6 Å². The standard InChI is InChI=1S/C33H29N5O3S2/c1-3-22-19-42-31-28(30(40)38(31)21(22)2)36-29(39)27(26-20-43-32(34)35-26)37-41-33(23-13-7-4-8-14-23,24-15-9-5-10-16-24)25-17-11-6-12-18-25/h3-18,20,28,31H,1,19H2,2H3,(H2,34,35)(H,36,39)/t28-,31-/m1/s1. The zero-order valence-corrected chi connectivity index (χ0v) is 25.0. The number of nitrogens with one attached hydrogen (secondary N) is 1. The van der Waals surface area contributed by atoms with Crippen LogP contribution in [0.5, 0.6) is 0 Å². The molecule has 3 aromatic carbocycles. The Labute approximate surface area is 258 Å². The summed E-state index contributed by atoms with van der Waals surface area (Å²) in [6.45, 7) is 5.75. The molecule has 3 heterocycles. The number of oxime groups is 1. The number of allylic oxidation sites excluding steroid dienone is 2. The largest absolute Gasteiger partial charge is 0.375 e. The number of benzene rings is 3. The van der Waals surface area contributed by atoms with Gasteiger partial charge in [0, 0.05) is 33.5 Å². The van der Waals surface area contributed by atoms with E-state index in [0.29, 0.717) is 5.75 Å². The lowest BCUT2D eigenvalue weighted by atomic mass is 9.80. The maximum Gasteiger partial charge on any atom is 0.276 e. The molecule has 0 radical (unpaired) electrons. The van der Waals surface area contributed by atoms with Crippen molar-refractivity contribution in [3.05, 3.63) is 143 Å². The second-order valence-electron chi connectivity index (χ2n) is 10.1. The van der Waals surface area contributed by atoms with Gasteiger partial charge in [-0.05, 0) is 12.5 Å². The summed E-state index contributed by atoms with van der Waals surface area (Å²) in [5.74, 6) is -0.0628. The third kappa shape index (κ3) is 5.13. The molecule has 8 nitrogen and oxygen atoms in total. The van der Waals surface area contributed by atoms with Crippen molar-refractivity contribution in [1.82, 2.24) is 15.2 Å². The van der Waals surface area contributed by atoms with Crippen LogP contribution in [-0.2, 0) is 20.0 Å². The predicted molar refractivity (Wildman–Crippen MR) is 171 cm³/mol. The summed E-state index contributed by atoms with van der Waals surface area (Å²) in [7, 11) is 0. The Morgan fingerprint density at radius 1 is 1.05 bits per heavy atom. The summed E-state index contributed by atoms with van der Waals surface area (Å²) in [4.78, 5) is 39.7. The third-order valence-corrected chi connectivity index (χ3v) is 9.58. The average molecular weight is 608 g/mol. The van der Waals surface area contributed by atoms with Gasteiger partial charge in [-0.3, -0.25) is 14.5 Å². The highest BCUT2D eigenvalue weighted by Crippen LogP contribution is 2.42. The van der Waals surface area contributed by atoms with E-state index in [0.717, 1.165) is 28.0 Å². The zero-order chi connectivity index (χ0) is 30.0. The number of amides is 2. The van der Waals surface area contributed by atoms with Gasteiger partial charge in [0.25, 0.3) is 11.8 Å². The topological polar surface area (TPSA) is 110 Å². The molecule has 1 aromatic heterocycles. The molecule has 43 heavy (non-hydrogen) atoms. The van der Waals surface area contributed by atoms with Crippen LogP contribution in [0.3, 0.4) is 0 Å². The summed E-state index contributed by atoms with van der Waals surface area (Å²) in [5.41, 5.74) is 9.25. The van der Waals surface area contributed by atoms with Gasteiger partial charge in [0.05, 0.1) is 0 Å². The van der Waals surface area contributed by atoms with Crippen molar-refractivity contribution in [1.29, 1.82) is 0 Å². The van der Waals surface area contributed by atoms with E-state index in [2.05, 4.69) is 22.0 Å². The van der Waals surface area contributed by atoms with E-state index in [-0.39, 0.29) is 27.8 Å². The minimum Gasteiger partial charge on any atom is -0.375 e. The molecule has 2 atom stereocenters. The van der Waals surface area contributed by atoms with E-state index in [1.54, 1.807) is 28.1 Å². The molecular weight excluding hydrogens is 579 g/mol. The highest BCUT2D eigenvalue weighted by atomic mass is 32.2. The molecule has 1 fully saturated rings. The molecule has 1 saturated heterocycles. The first kappa shape index (κ1) is 28.4. The molecule has 0 saturated carbocycles. The summed E-state index contributed by atoms with van der Waals surface area (Å²) in [5, 5.41) is 9.13. The van der Waals surface area contributed by atoms with Crippen LogP contribution in [-0.4, -0.2) is 44.6 Å². The molecule has 3 N–H and O–H groups in total. The normalized spacial score (nSPS) is 18.5. The number of nitrogens with two attached hydrogens (primary N) is 1. The van der Waals surface area contributed by atoms with Crippen LogP contribution in [0.2, 0.25) is 0 Å². The minimum atomic E-state index is -1.21. The van der Waals surface area contributed by atoms with Crippen LogP contribution in [0.25, 0.3) is 0 Å². The van der Waals surface area contributed by atoms with Crippen LogP contribution in [0.4, 0.5) is 5.13 Å². The van der Waals surface area contributed by atoms with Gasteiger partial charge in [0.15, 0.2) is 10.8 Å². The molecule has 0 spiro atoms. The average Bonchev–Trinajstić information content (AvgIpc) is 3.48. The zero-order valence-electron chi connectivity index (χ0n) is 23.3. The SMILES string of the molecule is C=CC1=C(C)N2C(=O)[C@@H](NC(=O)C(=NOC(c3ccccc3)(c3ccccc3)c3ccccc3)c3csc(N)n3)[C@H]2SC1. The van der Waals surface area contributed by atoms with E-state index in [9.17, 15) is 9.59 Å². The van der Waals surface area contributed by atoms with Crippen molar-refractivity contribution >= 4 is 45.8 Å². The Balaban J connectivity index is 1.41. The number of thiazole rings is 1. The van der Waals surface area contributed by atoms with Gasteiger partial charge in [-0.25, -0.2) is 4.98 Å². The molecule has 0 unspecified atom stereocenters. The van der Waals surface area contributed by atoms with Gasteiger partial charge in [0.2, 0.25) is 5.60 Å². The molecule has 2 amide bonds. The third-order valence-electron chi connectivity index (χ3n) is 7.61. The lowest BCUT2D eigenvalue weighted by Gasteiger charge is -2.49. The fraction of sp³-hybridized carbons (Fsp3) is 0.152. The summed E-state index contributed by atoms with van der Waals surface area (Å²) in [6.07, 6.45) is 1.77. The Bertz CT molecular complexity index is 1620. The van der Waals surface area contributed by atoms with Crippen molar-refractivity contribution in [2.45, 2.75) is 23.9 Å². The quantitative estimate of drug-likeness (QED) is 0.116. The first-order valence-electron chi connectivity index (χ1n) is 13.7. The number of rotatable bonds is 9. The number of fused-ring (bicyclic) bond motifs is 1. The number of carbonyl (C=O) groups is 2. The van der Waals surface area contributed by atoms with E-state index in [1.165, 1.54) is 11.3 Å². The van der Waals surface area contributed by atoms with Crippen LogP contribution >= 0.6 is 23.1 Å². The van der Waals surface area contributed by atoms with Crippen molar-refractivity contribution < 1.29 is 14.4 Å². The maximum atomic E-state index is 13.9. The van der Waals surface area contributed by atoms with Crippen molar-refractivity contribution in [2.24, 2.45) is 5.16 Å². The van der Waals surface area contributed by atoms with Crippen LogP contribution in [0.15, 0.2) is 125 Å². The van der Waals surface area contributed by atoms with E-state index >= 15 is 0 Å². The van der Waals surface area contributed by atoms with Gasteiger partial charge < -0.3 is 15.9 Å². The second-order valence-corrected chi connectivity index (χ2v) is 12.1. The number of anilines is 1. The summed E-state index contributed by atoms with van der Waals surface area (Å²) < 4.78 is 0. The number of thioether (sulfide) groups is 1. The second kappa shape index (κ2) is 11.9. The lowest BCUT2D eigenvalue weighted by molar-refractivity contribution is -0.144. The van der Waals surface area contributed by atoms with Crippen molar-refractivity contribution in [3.8, 4) is 0 Å². The van der Waals surface area contributed by atoms with Gasteiger partial charge in [-0.15, -0.1) is 23.1 Å². The monoisotopic (exact) mass is 607 g/mol. The molecule has 0 aliphatic carbocycles. The predicted octanol–water partition coefficient (Wildman–Crippen LogP) is 5.30. The number of nitrogen functional groups attached to an aromatic ring is 1. The molecule has 216 valence electrons. The van der Waals surface area contributed by atoms with Crippen molar-refractivity contribution in [3.63, 3.8) is 0 Å². The lowest BCUT2D eigenvalue weighted by Crippen LogP contribution is -2.70. The fourth-order valence-corrected chi connectivity index (χ4v) is 7.38. The first-order chi connectivity index (χ1) is 20.9. The number of hydrogen-bond donors (Lipinski definition) is 2. The minimum absolute atomic E-state index is 0.0776. The summed E-state index contributed by atoms with van der Waals surface area (Å²) in [6, 6.07) is 28.5. The Morgan fingerprint density at radius 2 is 1.60 bits per heavy atom. The Hall–Kier alpha value is -4.67. The Morgan fingerprint density at radius 3 is 2.09 bits per heavy atom. The number of β-lactam (4-membered cyclic amide) rings is 1. The van der Waals surface area contributed by atoms with E-state index in [1.807, 2.05) is 97.9 Å². The number of aromatic nitrogens is 1. The fourth-order valence-electron chi connectivity index (χ4n) is 5.37. The van der Waals surface area contributed by atoms with Gasteiger partial charge in [-0.2, -0.15) is 0 Å². The van der Waals surface area contributed by atoms with Crippen LogP contribution in [0, 0.1) is 0 Å².